The van der Waals surface area contributed by atoms with Crippen LogP contribution in [0.25, 0.3) is 11.1 Å². The second-order valence-electron chi connectivity index (χ2n) is 3.33. The van der Waals surface area contributed by atoms with Crippen molar-refractivity contribution in [3.05, 3.63) is 30.2 Å². The normalized spacial score (nSPS) is 15.4. The van der Waals surface area contributed by atoms with Crippen molar-refractivity contribution < 1.29 is 14.6 Å². The molecule has 4 N–H and O–H groups in total. The molecule has 5 heteroatoms. The van der Waals surface area contributed by atoms with Gasteiger partial charge in [0.15, 0.2) is 12.0 Å². The Morgan fingerprint density at radius 3 is 2.93 bits per heavy atom. The highest BCUT2D eigenvalue weighted by molar-refractivity contribution is 5.72. The van der Waals surface area contributed by atoms with Crippen molar-refractivity contribution in [1.82, 2.24) is 4.98 Å². The number of aromatic nitrogens is 1. The standard InChI is InChI=1S/C10H12N2O3/c11-4-8(13)10(14)6-1-2-7-9(3-6)15-5-12-7/h1-3,5,8,10,13-14H,4,11H2. The van der Waals surface area contributed by atoms with Crippen LogP contribution < -0.4 is 5.73 Å². The number of aliphatic hydroxyl groups excluding tert-OH is 2. The second kappa shape index (κ2) is 3.98. The Balaban J connectivity index is 2.35. The fraction of sp³-hybridized carbons (Fsp3) is 0.300. The van der Waals surface area contributed by atoms with Crippen molar-refractivity contribution in [2.45, 2.75) is 12.2 Å². The van der Waals surface area contributed by atoms with Crippen molar-refractivity contribution in [1.29, 1.82) is 0 Å². The monoisotopic (exact) mass is 208 g/mol. The fourth-order valence-electron chi connectivity index (χ4n) is 1.41. The number of fused-ring (bicyclic) bond motifs is 1. The average Bonchev–Trinajstić information content (AvgIpc) is 2.73. The summed E-state index contributed by atoms with van der Waals surface area (Å²) in [5, 5.41) is 19.1. The van der Waals surface area contributed by atoms with E-state index in [1.54, 1.807) is 18.2 Å². The van der Waals surface area contributed by atoms with E-state index >= 15 is 0 Å². The molecule has 2 aromatic rings. The number of hydrogen-bond acceptors (Lipinski definition) is 5. The summed E-state index contributed by atoms with van der Waals surface area (Å²) in [7, 11) is 0. The number of nitrogens with zero attached hydrogens (tertiary/aromatic N) is 1. The first kappa shape index (κ1) is 10.1. The molecule has 0 amide bonds. The lowest BCUT2D eigenvalue weighted by atomic mass is 10.0. The molecule has 2 rings (SSSR count). The molecule has 0 radical (unpaired) electrons. The third-order valence-corrected chi connectivity index (χ3v) is 2.30. The predicted octanol–water partition coefficient (Wildman–Crippen LogP) is 0.181. The molecule has 0 saturated heterocycles. The summed E-state index contributed by atoms with van der Waals surface area (Å²) in [6.45, 7) is 0.00953. The fourth-order valence-corrected chi connectivity index (χ4v) is 1.41. The molecule has 1 aromatic heterocycles. The smallest absolute Gasteiger partial charge is 0.181 e. The van der Waals surface area contributed by atoms with Gasteiger partial charge in [-0.2, -0.15) is 0 Å². The average molecular weight is 208 g/mol. The number of rotatable bonds is 3. The lowest BCUT2D eigenvalue weighted by molar-refractivity contribution is 0.0244. The van der Waals surface area contributed by atoms with Gasteiger partial charge in [-0.15, -0.1) is 0 Å². The van der Waals surface area contributed by atoms with Crippen LogP contribution >= 0.6 is 0 Å². The Morgan fingerprint density at radius 2 is 2.20 bits per heavy atom. The first-order valence-electron chi connectivity index (χ1n) is 4.61. The topological polar surface area (TPSA) is 92.5 Å². The molecule has 5 nitrogen and oxygen atoms in total. The zero-order chi connectivity index (χ0) is 10.8. The van der Waals surface area contributed by atoms with Gasteiger partial charge in [0.2, 0.25) is 0 Å². The molecular formula is C10H12N2O3. The largest absolute Gasteiger partial charge is 0.443 e. The van der Waals surface area contributed by atoms with Crippen molar-refractivity contribution >= 4 is 11.1 Å². The number of hydrogen-bond donors (Lipinski definition) is 3. The van der Waals surface area contributed by atoms with E-state index in [4.69, 9.17) is 10.2 Å². The summed E-state index contributed by atoms with van der Waals surface area (Å²) < 4.78 is 5.09. The number of oxazole rings is 1. The van der Waals surface area contributed by atoms with Gasteiger partial charge < -0.3 is 20.4 Å². The highest BCUT2D eigenvalue weighted by atomic mass is 16.3. The molecule has 0 aliphatic carbocycles. The predicted molar refractivity (Wildman–Crippen MR) is 54.0 cm³/mol. The van der Waals surface area contributed by atoms with Crippen LogP contribution in [0.2, 0.25) is 0 Å². The first-order valence-corrected chi connectivity index (χ1v) is 4.61. The van der Waals surface area contributed by atoms with Gasteiger partial charge in [-0.25, -0.2) is 4.98 Å². The summed E-state index contributed by atoms with van der Waals surface area (Å²) in [4.78, 5) is 3.95. The first-order chi connectivity index (χ1) is 7.22. The molecule has 0 bridgehead atoms. The van der Waals surface area contributed by atoms with Crippen LogP contribution in [-0.2, 0) is 0 Å². The second-order valence-corrected chi connectivity index (χ2v) is 3.33. The van der Waals surface area contributed by atoms with Crippen LogP contribution in [0.3, 0.4) is 0 Å². The SMILES string of the molecule is NCC(O)C(O)c1ccc2ncoc2c1. The Bertz CT molecular complexity index is 455. The molecule has 0 saturated carbocycles. The van der Waals surface area contributed by atoms with Gasteiger partial charge in [0.25, 0.3) is 0 Å². The summed E-state index contributed by atoms with van der Waals surface area (Å²) in [5.74, 6) is 0. The van der Waals surface area contributed by atoms with Crippen LogP contribution in [0.1, 0.15) is 11.7 Å². The molecule has 0 fully saturated rings. The van der Waals surface area contributed by atoms with Gasteiger partial charge in [0, 0.05) is 6.54 Å². The highest BCUT2D eigenvalue weighted by Crippen LogP contribution is 2.21. The molecule has 2 unspecified atom stereocenters. The maximum atomic E-state index is 9.69. The lowest BCUT2D eigenvalue weighted by Gasteiger charge is -2.15. The minimum absolute atomic E-state index is 0.00953. The Morgan fingerprint density at radius 1 is 1.40 bits per heavy atom. The third-order valence-electron chi connectivity index (χ3n) is 2.30. The quantitative estimate of drug-likeness (QED) is 0.669. The van der Waals surface area contributed by atoms with E-state index in [1.165, 1.54) is 6.39 Å². The van der Waals surface area contributed by atoms with Crippen LogP contribution in [0, 0.1) is 0 Å². The Hall–Kier alpha value is -1.43. The molecule has 0 spiro atoms. The van der Waals surface area contributed by atoms with Gasteiger partial charge in [0.1, 0.15) is 11.6 Å². The van der Waals surface area contributed by atoms with Crippen molar-refractivity contribution in [2.75, 3.05) is 6.54 Å². The van der Waals surface area contributed by atoms with E-state index in [1.807, 2.05) is 0 Å². The van der Waals surface area contributed by atoms with Gasteiger partial charge >= 0.3 is 0 Å². The van der Waals surface area contributed by atoms with Crippen LogP contribution in [0.4, 0.5) is 0 Å². The van der Waals surface area contributed by atoms with Crippen LogP contribution in [-0.4, -0.2) is 27.8 Å². The van der Waals surface area contributed by atoms with Crippen molar-refractivity contribution in [3.8, 4) is 0 Å². The van der Waals surface area contributed by atoms with Gasteiger partial charge in [-0.05, 0) is 17.7 Å². The zero-order valence-electron chi connectivity index (χ0n) is 8.00. The van der Waals surface area contributed by atoms with E-state index in [9.17, 15) is 10.2 Å². The van der Waals surface area contributed by atoms with Crippen LogP contribution in [0.15, 0.2) is 29.0 Å². The Kier molecular flexibility index (Phi) is 2.68. The molecule has 0 aliphatic heterocycles. The molecule has 15 heavy (non-hydrogen) atoms. The Labute approximate surface area is 86.2 Å². The highest BCUT2D eigenvalue weighted by Gasteiger charge is 2.17. The van der Waals surface area contributed by atoms with Crippen LogP contribution in [0.5, 0.6) is 0 Å². The lowest BCUT2D eigenvalue weighted by Crippen LogP contribution is -2.27. The zero-order valence-corrected chi connectivity index (χ0v) is 8.00. The molecule has 0 aliphatic rings. The van der Waals surface area contributed by atoms with Crippen molar-refractivity contribution in [2.24, 2.45) is 5.73 Å². The molecule has 2 atom stereocenters. The van der Waals surface area contributed by atoms with Crippen molar-refractivity contribution in [3.63, 3.8) is 0 Å². The van der Waals surface area contributed by atoms with Gasteiger partial charge in [0.05, 0.1) is 6.10 Å². The summed E-state index contributed by atoms with van der Waals surface area (Å²) in [6.07, 6.45) is -0.630. The maximum absolute atomic E-state index is 9.69. The van der Waals surface area contributed by atoms with Gasteiger partial charge in [-0.3, -0.25) is 0 Å². The summed E-state index contributed by atoms with van der Waals surface area (Å²) >= 11 is 0. The molecule has 1 heterocycles. The van der Waals surface area contributed by atoms with Gasteiger partial charge in [-0.1, -0.05) is 6.07 Å². The molecule has 80 valence electrons. The van der Waals surface area contributed by atoms with E-state index in [0.29, 0.717) is 16.7 Å². The van der Waals surface area contributed by atoms with E-state index < -0.39 is 12.2 Å². The number of aliphatic hydroxyl groups is 2. The summed E-state index contributed by atoms with van der Waals surface area (Å²) in [6, 6.07) is 5.06. The summed E-state index contributed by atoms with van der Waals surface area (Å²) in [5.41, 5.74) is 7.12. The maximum Gasteiger partial charge on any atom is 0.181 e. The number of nitrogens with two attached hydrogens (primary N) is 1. The van der Waals surface area contributed by atoms with E-state index in [-0.39, 0.29) is 6.54 Å². The minimum Gasteiger partial charge on any atom is -0.443 e. The van der Waals surface area contributed by atoms with E-state index in [0.717, 1.165) is 0 Å². The molecule has 1 aromatic carbocycles. The van der Waals surface area contributed by atoms with E-state index in [2.05, 4.69) is 4.98 Å². The third kappa shape index (κ3) is 1.85. The minimum atomic E-state index is -0.996. The molecular weight excluding hydrogens is 196 g/mol. The number of benzene rings is 1.